The molecule has 1 unspecified atom stereocenters. The molecule has 7 heteroatoms. The van der Waals surface area contributed by atoms with Crippen LogP contribution < -0.4 is 10.6 Å². The van der Waals surface area contributed by atoms with Crippen molar-refractivity contribution in [2.45, 2.75) is 46.6 Å². The van der Waals surface area contributed by atoms with Crippen LogP contribution in [0.3, 0.4) is 0 Å². The first kappa shape index (κ1) is 23.3. The fourth-order valence-corrected chi connectivity index (χ4v) is 4.78. The Morgan fingerprint density at radius 1 is 1.29 bits per heavy atom. The standard InChI is InChI=1S/C24H35N5OS/c1-4-25-24(28-16-21-15-26-22(31-21)12-18(2)3)27-14-20-13-23(30)29(17-20)11-10-19-8-6-5-7-9-19/h5-9,15,18,20H,4,10-14,16-17H2,1-3H3,(H2,25,27,28). The van der Waals surface area contributed by atoms with E-state index in [-0.39, 0.29) is 5.91 Å². The lowest BCUT2D eigenvalue weighted by molar-refractivity contribution is -0.127. The molecule has 1 atom stereocenters. The van der Waals surface area contributed by atoms with Gasteiger partial charge in [0.1, 0.15) is 0 Å². The number of nitrogens with zero attached hydrogens (tertiary/aromatic N) is 3. The predicted octanol–water partition coefficient (Wildman–Crippen LogP) is 3.49. The van der Waals surface area contributed by atoms with Crippen LogP contribution in [0, 0.1) is 11.8 Å². The highest BCUT2D eigenvalue weighted by Gasteiger charge is 2.29. The molecule has 1 aromatic heterocycles. The maximum Gasteiger partial charge on any atom is 0.223 e. The van der Waals surface area contributed by atoms with Gasteiger partial charge in [0, 0.05) is 56.0 Å². The zero-order valence-electron chi connectivity index (χ0n) is 18.9. The lowest BCUT2D eigenvalue weighted by Gasteiger charge is -2.18. The summed E-state index contributed by atoms with van der Waals surface area (Å²) < 4.78 is 0. The highest BCUT2D eigenvalue weighted by atomic mass is 32.1. The van der Waals surface area contributed by atoms with Crippen LogP contribution >= 0.6 is 11.3 Å². The summed E-state index contributed by atoms with van der Waals surface area (Å²) in [6.45, 7) is 10.3. The number of aliphatic imine (C=N–C) groups is 1. The smallest absolute Gasteiger partial charge is 0.223 e. The quantitative estimate of drug-likeness (QED) is 0.437. The van der Waals surface area contributed by atoms with Gasteiger partial charge in [0.05, 0.1) is 11.6 Å². The number of carbonyl (C=O) groups is 1. The van der Waals surface area contributed by atoms with E-state index in [1.165, 1.54) is 15.4 Å². The molecule has 2 N–H and O–H groups in total. The lowest BCUT2D eigenvalue weighted by Crippen LogP contribution is -2.40. The van der Waals surface area contributed by atoms with Gasteiger partial charge in [-0.25, -0.2) is 9.98 Å². The molecule has 1 aliphatic heterocycles. The Bertz CT molecular complexity index is 849. The van der Waals surface area contributed by atoms with Gasteiger partial charge in [0.15, 0.2) is 5.96 Å². The van der Waals surface area contributed by atoms with Crippen molar-refractivity contribution in [2.24, 2.45) is 16.8 Å². The minimum absolute atomic E-state index is 0.256. The van der Waals surface area contributed by atoms with E-state index < -0.39 is 0 Å². The van der Waals surface area contributed by atoms with Gasteiger partial charge in [0.2, 0.25) is 5.91 Å². The molecule has 0 saturated carbocycles. The van der Waals surface area contributed by atoms with Crippen LogP contribution in [-0.2, 0) is 24.2 Å². The second-order valence-corrected chi connectivity index (χ2v) is 9.74. The van der Waals surface area contributed by atoms with Crippen LogP contribution in [-0.4, -0.2) is 47.9 Å². The Morgan fingerprint density at radius 3 is 2.84 bits per heavy atom. The van der Waals surface area contributed by atoms with E-state index in [9.17, 15) is 4.79 Å². The normalized spacial score (nSPS) is 16.9. The van der Waals surface area contributed by atoms with E-state index in [1.807, 2.05) is 29.3 Å². The minimum atomic E-state index is 0.256. The fourth-order valence-electron chi connectivity index (χ4n) is 3.72. The topological polar surface area (TPSA) is 69.6 Å². The molecule has 0 spiro atoms. The molecule has 168 valence electrons. The molecule has 0 radical (unpaired) electrons. The predicted molar refractivity (Wildman–Crippen MR) is 128 cm³/mol. The summed E-state index contributed by atoms with van der Waals surface area (Å²) in [4.78, 5) is 24.8. The summed E-state index contributed by atoms with van der Waals surface area (Å²) in [7, 11) is 0. The van der Waals surface area contributed by atoms with Crippen molar-refractivity contribution >= 4 is 23.2 Å². The third-order valence-corrected chi connectivity index (χ3v) is 6.29. The highest BCUT2D eigenvalue weighted by molar-refractivity contribution is 7.11. The van der Waals surface area contributed by atoms with Crippen LogP contribution in [0.1, 0.15) is 42.6 Å². The number of carbonyl (C=O) groups excluding carboxylic acids is 1. The van der Waals surface area contributed by atoms with Crippen molar-refractivity contribution in [3.05, 3.63) is 52.0 Å². The number of amides is 1. The Kier molecular flexibility index (Phi) is 8.88. The number of nitrogens with one attached hydrogen (secondary N) is 2. The van der Waals surface area contributed by atoms with Crippen molar-refractivity contribution < 1.29 is 4.79 Å². The maximum absolute atomic E-state index is 12.4. The van der Waals surface area contributed by atoms with Crippen LogP contribution in [0.2, 0.25) is 0 Å². The molecule has 31 heavy (non-hydrogen) atoms. The summed E-state index contributed by atoms with van der Waals surface area (Å²) in [5.74, 6) is 1.99. The van der Waals surface area contributed by atoms with Gasteiger partial charge in [-0.3, -0.25) is 4.79 Å². The average Bonchev–Trinajstić information content (AvgIpc) is 3.34. The molecule has 0 bridgehead atoms. The van der Waals surface area contributed by atoms with Gasteiger partial charge < -0.3 is 15.5 Å². The van der Waals surface area contributed by atoms with Crippen molar-refractivity contribution in [2.75, 3.05) is 26.2 Å². The van der Waals surface area contributed by atoms with E-state index in [0.29, 0.717) is 24.8 Å². The summed E-state index contributed by atoms with van der Waals surface area (Å²) in [6.07, 6.45) is 4.47. The minimum Gasteiger partial charge on any atom is -0.357 e. The van der Waals surface area contributed by atoms with Gasteiger partial charge in [0.25, 0.3) is 0 Å². The Morgan fingerprint density at radius 2 is 2.10 bits per heavy atom. The van der Waals surface area contributed by atoms with Crippen molar-refractivity contribution in [3.8, 4) is 0 Å². The molecule has 6 nitrogen and oxygen atoms in total. The number of hydrogen-bond donors (Lipinski definition) is 2. The van der Waals surface area contributed by atoms with E-state index in [2.05, 4.69) is 48.5 Å². The Hall–Kier alpha value is -2.41. The number of rotatable bonds is 10. The summed E-state index contributed by atoms with van der Waals surface area (Å²) >= 11 is 1.74. The van der Waals surface area contributed by atoms with Crippen molar-refractivity contribution in [1.82, 2.24) is 20.5 Å². The van der Waals surface area contributed by atoms with Gasteiger partial charge in [-0.15, -0.1) is 11.3 Å². The third kappa shape index (κ3) is 7.65. The zero-order chi connectivity index (χ0) is 22.1. The number of likely N-dealkylation sites (tertiary alicyclic amines) is 1. The molecule has 2 aromatic rings. The Balaban J connectivity index is 1.46. The number of aromatic nitrogens is 1. The second kappa shape index (κ2) is 11.8. The van der Waals surface area contributed by atoms with Crippen LogP contribution in [0.5, 0.6) is 0 Å². The first-order valence-corrected chi connectivity index (χ1v) is 12.1. The summed E-state index contributed by atoms with van der Waals surface area (Å²) in [5, 5.41) is 7.92. The molecule has 3 rings (SSSR count). The molecule has 1 fully saturated rings. The van der Waals surface area contributed by atoms with Crippen LogP contribution in [0.25, 0.3) is 0 Å². The van der Waals surface area contributed by atoms with E-state index in [4.69, 9.17) is 4.99 Å². The molecule has 0 aliphatic carbocycles. The molecule has 1 amide bonds. The van der Waals surface area contributed by atoms with E-state index in [1.54, 1.807) is 11.3 Å². The van der Waals surface area contributed by atoms with Gasteiger partial charge in [-0.2, -0.15) is 0 Å². The van der Waals surface area contributed by atoms with E-state index >= 15 is 0 Å². The molecule has 1 saturated heterocycles. The summed E-state index contributed by atoms with van der Waals surface area (Å²) in [6, 6.07) is 10.4. The van der Waals surface area contributed by atoms with E-state index in [0.717, 1.165) is 45.0 Å². The van der Waals surface area contributed by atoms with Crippen molar-refractivity contribution in [3.63, 3.8) is 0 Å². The Labute approximate surface area is 190 Å². The summed E-state index contributed by atoms with van der Waals surface area (Å²) in [5.41, 5.74) is 1.28. The first-order valence-electron chi connectivity index (χ1n) is 11.3. The molecule has 1 aliphatic rings. The fraction of sp³-hybridized carbons (Fsp3) is 0.542. The largest absolute Gasteiger partial charge is 0.357 e. The molecule has 1 aromatic carbocycles. The van der Waals surface area contributed by atoms with Crippen LogP contribution in [0.4, 0.5) is 0 Å². The molecular formula is C24H35N5OS. The molecule has 2 heterocycles. The number of guanidine groups is 1. The van der Waals surface area contributed by atoms with Gasteiger partial charge in [-0.1, -0.05) is 44.2 Å². The number of thiazole rings is 1. The zero-order valence-corrected chi connectivity index (χ0v) is 19.8. The monoisotopic (exact) mass is 441 g/mol. The number of hydrogen-bond acceptors (Lipinski definition) is 4. The third-order valence-electron chi connectivity index (χ3n) is 5.29. The maximum atomic E-state index is 12.4. The van der Waals surface area contributed by atoms with Gasteiger partial charge >= 0.3 is 0 Å². The average molecular weight is 442 g/mol. The highest BCUT2D eigenvalue weighted by Crippen LogP contribution is 2.19. The first-order chi connectivity index (χ1) is 15.0. The molecular weight excluding hydrogens is 406 g/mol. The number of benzene rings is 1. The van der Waals surface area contributed by atoms with Gasteiger partial charge in [-0.05, 0) is 24.8 Å². The van der Waals surface area contributed by atoms with Crippen molar-refractivity contribution in [1.29, 1.82) is 0 Å². The lowest BCUT2D eigenvalue weighted by atomic mass is 10.1. The SMILES string of the molecule is CCNC(=NCc1cnc(CC(C)C)s1)NCC1CC(=O)N(CCc2ccccc2)C1. The van der Waals surface area contributed by atoms with Crippen LogP contribution in [0.15, 0.2) is 41.5 Å². The second-order valence-electron chi connectivity index (χ2n) is 8.54.